The summed E-state index contributed by atoms with van der Waals surface area (Å²) in [6.07, 6.45) is 1.69. The fourth-order valence-corrected chi connectivity index (χ4v) is 3.50. The largest absolute Gasteiger partial charge is 0.383 e. The van der Waals surface area contributed by atoms with E-state index in [1.54, 1.807) is 22.0 Å². The SMILES string of the molecule is N#Cc1c(N)nc2c(c1-c1cccc([N+](=O)[O-])c1)c(=O)nc1sccn12. The van der Waals surface area contributed by atoms with E-state index in [4.69, 9.17) is 5.73 Å². The van der Waals surface area contributed by atoms with Gasteiger partial charge < -0.3 is 5.73 Å². The average Bonchev–Trinajstić information content (AvgIpc) is 3.09. The van der Waals surface area contributed by atoms with Crippen LogP contribution in [0, 0.1) is 21.4 Å². The summed E-state index contributed by atoms with van der Waals surface area (Å²) in [6.45, 7) is 0. The zero-order chi connectivity index (χ0) is 18.4. The molecule has 2 N–H and O–H groups in total. The number of nitrogens with two attached hydrogens (primary N) is 1. The number of hydrogen-bond donors (Lipinski definition) is 1. The van der Waals surface area contributed by atoms with Crippen molar-refractivity contribution in [2.24, 2.45) is 0 Å². The molecular formula is C16H8N6O3S. The molecule has 0 atom stereocenters. The zero-order valence-electron chi connectivity index (χ0n) is 12.9. The van der Waals surface area contributed by atoms with Gasteiger partial charge in [0.2, 0.25) is 0 Å². The number of nitro benzene ring substituents is 1. The molecule has 0 spiro atoms. The standard InChI is InChI=1S/C16H8N6O3S/c17-7-10-11(8-2-1-3-9(6-8)22(24)25)12-14(19-13(10)18)21-4-5-26-16(21)20-15(12)23/h1-6H,(H2,18,19). The molecule has 26 heavy (non-hydrogen) atoms. The number of fused-ring (bicyclic) bond motifs is 3. The van der Waals surface area contributed by atoms with Gasteiger partial charge in [-0.05, 0) is 5.56 Å². The van der Waals surface area contributed by atoms with Gasteiger partial charge in [0.1, 0.15) is 17.5 Å². The monoisotopic (exact) mass is 364 g/mol. The van der Waals surface area contributed by atoms with Crippen LogP contribution in [0.3, 0.4) is 0 Å². The topological polar surface area (TPSA) is 140 Å². The first kappa shape index (κ1) is 15.7. The van der Waals surface area contributed by atoms with Crippen LogP contribution >= 0.6 is 11.3 Å². The number of aromatic nitrogens is 3. The Labute approximate surface area is 148 Å². The van der Waals surface area contributed by atoms with Crippen molar-refractivity contribution in [1.82, 2.24) is 14.4 Å². The second-order valence-electron chi connectivity index (χ2n) is 5.34. The predicted octanol–water partition coefficient (Wildman–Crippen LogP) is 2.33. The lowest BCUT2D eigenvalue weighted by Crippen LogP contribution is -2.13. The molecule has 0 saturated heterocycles. The molecule has 0 aliphatic rings. The van der Waals surface area contributed by atoms with Crippen molar-refractivity contribution in [3.63, 3.8) is 0 Å². The van der Waals surface area contributed by atoms with Gasteiger partial charge in [-0.2, -0.15) is 10.2 Å². The summed E-state index contributed by atoms with van der Waals surface area (Å²) >= 11 is 1.26. The maximum Gasteiger partial charge on any atom is 0.284 e. The molecule has 10 heteroatoms. The Kier molecular flexibility index (Phi) is 3.38. The first-order valence-corrected chi connectivity index (χ1v) is 8.13. The molecule has 9 nitrogen and oxygen atoms in total. The predicted molar refractivity (Wildman–Crippen MR) is 95.9 cm³/mol. The Morgan fingerprint density at radius 2 is 2.15 bits per heavy atom. The van der Waals surface area contributed by atoms with Crippen molar-refractivity contribution in [1.29, 1.82) is 5.26 Å². The van der Waals surface area contributed by atoms with Gasteiger partial charge in [-0.1, -0.05) is 12.1 Å². The first-order chi connectivity index (χ1) is 12.5. The smallest absolute Gasteiger partial charge is 0.284 e. The summed E-state index contributed by atoms with van der Waals surface area (Å²) in [5.74, 6) is -0.0629. The zero-order valence-corrected chi connectivity index (χ0v) is 13.7. The molecule has 0 unspecified atom stereocenters. The number of rotatable bonds is 2. The molecule has 0 aliphatic carbocycles. The fourth-order valence-electron chi connectivity index (χ4n) is 2.80. The highest BCUT2D eigenvalue weighted by molar-refractivity contribution is 7.15. The van der Waals surface area contributed by atoms with E-state index in [2.05, 4.69) is 9.97 Å². The van der Waals surface area contributed by atoms with Crippen LogP contribution in [0.25, 0.3) is 27.1 Å². The fraction of sp³-hybridized carbons (Fsp3) is 0. The molecule has 4 aromatic rings. The lowest BCUT2D eigenvalue weighted by Gasteiger charge is -2.11. The summed E-state index contributed by atoms with van der Waals surface area (Å²) in [6, 6.07) is 7.60. The van der Waals surface area contributed by atoms with Gasteiger partial charge >= 0.3 is 0 Å². The molecule has 126 valence electrons. The Balaban J connectivity index is 2.24. The first-order valence-electron chi connectivity index (χ1n) is 7.25. The van der Waals surface area contributed by atoms with E-state index in [0.717, 1.165) is 0 Å². The maximum atomic E-state index is 12.6. The van der Waals surface area contributed by atoms with Crippen LogP contribution in [-0.2, 0) is 0 Å². The van der Waals surface area contributed by atoms with Crippen LogP contribution in [0.2, 0.25) is 0 Å². The third-order valence-corrected chi connectivity index (χ3v) is 4.65. The third kappa shape index (κ3) is 2.19. The molecular weight excluding hydrogens is 356 g/mol. The molecule has 0 aliphatic heterocycles. The molecule has 0 saturated carbocycles. The molecule has 0 fully saturated rings. The van der Waals surface area contributed by atoms with Crippen LogP contribution in [0.4, 0.5) is 11.5 Å². The number of benzene rings is 1. The second kappa shape index (κ2) is 5.61. The van der Waals surface area contributed by atoms with Gasteiger partial charge in [-0.3, -0.25) is 19.3 Å². The molecule has 0 amide bonds. The van der Waals surface area contributed by atoms with Gasteiger partial charge in [-0.15, -0.1) is 11.3 Å². The Hall–Kier alpha value is -3.84. The number of anilines is 1. The van der Waals surface area contributed by atoms with Gasteiger partial charge in [0, 0.05) is 29.3 Å². The number of hydrogen-bond acceptors (Lipinski definition) is 8. The van der Waals surface area contributed by atoms with E-state index >= 15 is 0 Å². The van der Waals surface area contributed by atoms with Gasteiger partial charge in [0.05, 0.1) is 10.3 Å². The van der Waals surface area contributed by atoms with Crippen LogP contribution in [-0.4, -0.2) is 19.3 Å². The minimum absolute atomic E-state index is 0.0212. The summed E-state index contributed by atoms with van der Waals surface area (Å²) in [7, 11) is 0. The van der Waals surface area contributed by atoms with Gasteiger partial charge in [0.25, 0.3) is 11.2 Å². The number of thiazole rings is 1. The normalized spacial score (nSPS) is 10.9. The number of non-ortho nitro benzene ring substituents is 1. The van der Waals surface area contributed by atoms with E-state index in [1.165, 1.54) is 29.5 Å². The maximum absolute atomic E-state index is 12.6. The van der Waals surface area contributed by atoms with E-state index in [-0.39, 0.29) is 33.7 Å². The number of nitriles is 1. The highest BCUT2D eigenvalue weighted by Gasteiger charge is 2.21. The van der Waals surface area contributed by atoms with Crippen LogP contribution in [0.15, 0.2) is 40.6 Å². The second-order valence-corrected chi connectivity index (χ2v) is 6.21. The highest BCUT2D eigenvalue weighted by atomic mass is 32.1. The van der Waals surface area contributed by atoms with Gasteiger partial charge in [-0.25, -0.2) is 4.98 Å². The summed E-state index contributed by atoms with van der Waals surface area (Å²) < 4.78 is 1.60. The van der Waals surface area contributed by atoms with Crippen molar-refractivity contribution < 1.29 is 4.92 Å². The lowest BCUT2D eigenvalue weighted by atomic mass is 9.97. The van der Waals surface area contributed by atoms with E-state index in [9.17, 15) is 20.2 Å². The van der Waals surface area contributed by atoms with Crippen LogP contribution in [0.1, 0.15) is 5.56 Å². The Morgan fingerprint density at radius 1 is 1.35 bits per heavy atom. The number of nitrogen functional groups attached to an aromatic ring is 1. The molecule has 0 bridgehead atoms. The summed E-state index contributed by atoms with van der Waals surface area (Å²) in [5.41, 5.74) is 5.94. The van der Waals surface area contributed by atoms with Crippen molar-refractivity contribution >= 4 is 38.8 Å². The van der Waals surface area contributed by atoms with Crippen molar-refractivity contribution in [3.05, 3.63) is 61.9 Å². The quantitative estimate of drug-likeness (QED) is 0.425. The number of nitro groups is 1. The van der Waals surface area contributed by atoms with E-state index in [0.29, 0.717) is 10.5 Å². The highest BCUT2D eigenvalue weighted by Crippen LogP contribution is 2.34. The summed E-state index contributed by atoms with van der Waals surface area (Å²) in [5, 5.41) is 22.5. The lowest BCUT2D eigenvalue weighted by molar-refractivity contribution is -0.384. The Morgan fingerprint density at radius 3 is 2.88 bits per heavy atom. The molecule has 3 aromatic heterocycles. The van der Waals surface area contributed by atoms with Crippen molar-refractivity contribution in [2.45, 2.75) is 0 Å². The van der Waals surface area contributed by atoms with E-state index in [1.807, 2.05) is 6.07 Å². The molecule has 3 heterocycles. The van der Waals surface area contributed by atoms with Crippen molar-refractivity contribution in [3.8, 4) is 17.2 Å². The van der Waals surface area contributed by atoms with Crippen molar-refractivity contribution in [2.75, 3.05) is 5.73 Å². The molecule has 0 radical (unpaired) electrons. The third-order valence-electron chi connectivity index (χ3n) is 3.89. The average molecular weight is 364 g/mol. The summed E-state index contributed by atoms with van der Waals surface area (Å²) in [4.78, 5) is 31.8. The molecule has 4 rings (SSSR count). The van der Waals surface area contributed by atoms with Crippen LogP contribution < -0.4 is 11.3 Å². The molecule has 1 aromatic carbocycles. The minimum Gasteiger partial charge on any atom is -0.383 e. The van der Waals surface area contributed by atoms with Gasteiger partial charge in [0.15, 0.2) is 10.6 Å². The number of pyridine rings is 1. The minimum atomic E-state index is -0.576. The number of nitrogens with zero attached hydrogens (tertiary/aromatic N) is 5. The van der Waals surface area contributed by atoms with E-state index < -0.39 is 10.5 Å². The Bertz CT molecular complexity index is 1320. The van der Waals surface area contributed by atoms with Crippen LogP contribution in [0.5, 0.6) is 0 Å².